The third kappa shape index (κ3) is 5.41. The van der Waals surface area contributed by atoms with E-state index in [1.165, 1.54) is 22.3 Å². The molecule has 1 aliphatic carbocycles. The van der Waals surface area contributed by atoms with Gasteiger partial charge >= 0.3 is 0 Å². The number of benzene rings is 2. The summed E-state index contributed by atoms with van der Waals surface area (Å²) in [5.41, 5.74) is 5.76. The van der Waals surface area contributed by atoms with Gasteiger partial charge in [0.05, 0.1) is 0 Å². The van der Waals surface area contributed by atoms with E-state index in [1.807, 2.05) is 0 Å². The summed E-state index contributed by atoms with van der Waals surface area (Å²) in [4.78, 5) is 0. The van der Waals surface area contributed by atoms with E-state index in [0.29, 0.717) is 0 Å². The highest BCUT2D eigenvalue weighted by Crippen LogP contribution is 2.37. The van der Waals surface area contributed by atoms with E-state index in [-0.39, 0.29) is 5.41 Å². The van der Waals surface area contributed by atoms with E-state index in [4.69, 9.17) is 0 Å². The fourth-order valence-electron chi connectivity index (χ4n) is 3.86. The Morgan fingerprint density at radius 3 is 1.41 bits per heavy atom. The van der Waals surface area contributed by atoms with Crippen molar-refractivity contribution in [3.05, 3.63) is 95.1 Å². The molecule has 0 fully saturated rings. The monoisotopic (exact) mass is 360 g/mol. The van der Waals surface area contributed by atoms with Crippen LogP contribution in [-0.2, 0) is 12.8 Å². The van der Waals surface area contributed by atoms with E-state index in [0.717, 1.165) is 39.0 Å². The third-order valence-electron chi connectivity index (χ3n) is 5.22. The summed E-state index contributed by atoms with van der Waals surface area (Å²) in [6.07, 6.45) is 7.03. The van der Waals surface area contributed by atoms with Crippen LogP contribution in [0.2, 0.25) is 0 Å². The van der Waals surface area contributed by atoms with Crippen LogP contribution in [0.25, 0.3) is 0 Å². The third-order valence-corrected chi connectivity index (χ3v) is 5.22. The molecule has 0 unspecified atom stereocenters. The predicted octanol–water partition coefficient (Wildman–Crippen LogP) is 4.54. The highest BCUT2D eigenvalue weighted by molar-refractivity contribution is 5.48. The zero-order valence-electron chi connectivity index (χ0n) is 16.7. The molecule has 0 amide bonds. The molecule has 2 aromatic carbocycles. The Morgan fingerprint density at radius 2 is 1.04 bits per heavy atom. The quantitative estimate of drug-likeness (QED) is 0.650. The number of hydrogen-bond acceptors (Lipinski definition) is 2. The van der Waals surface area contributed by atoms with Gasteiger partial charge in [-0.05, 0) is 48.2 Å². The molecular weight excluding hydrogens is 328 g/mol. The largest absolute Gasteiger partial charge is 0.316 e. The molecule has 1 aliphatic rings. The average molecular weight is 361 g/mol. The summed E-state index contributed by atoms with van der Waals surface area (Å²) < 4.78 is 0. The van der Waals surface area contributed by atoms with Gasteiger partial charge in [0.2, 0.25) is 0 Å². The van der Waals surface area contributed by atoms with Gasteiger partial charge in [-0.25, -0.2) is 0 Å². The molecule has 0 aliphatic heterocycles. The molecule has 0 saturated heterocycles. The molecule has 142 valence electrons. The molecule has 27 heavy (non-hydrogen) atoms. The summed E-state index contributed by atoms with van der Waals surface area (Å²) in [6.45, 7) is 8.31. The maximum Gasteiger partial charge on any atom is 0.0323 e. The van der Waals surface area contributed by atoms with Crippen LogP contribution >= 0.6 is 0 Å². The lowest BCUT2D eigenvalue weighted by atomic mass is 9.89. The Labute approximate surface area is 164 Å². The predicted molar refractivity (Wildman–Crippen MR) is 116 cm³/mol. The molecule has 0 heterocycles. The van der Waals surface area contributed by atoms with Gasteiger partial charge in [0.25, 0.3) is 0 Å². The van der Waals surface area contributed by atoms with Gasteiger partial charge in [-0.2, -0.15) is 0 Å². The highest BCUT2D eigenvalue weighted by Gasteiger charge is 2.31. The topological polar surface area (TPSA) is 24.1 Å². The molecule has 0 aromatic heterocycles. The Hall–Kier alpha value is -2.16. The summed E-state index contributed by atoms with van der Waals surface area (Å²) in [5.74, 6) is 0. The molecule has 0 radical (unpaired) electrons. The molecule has 2 heteroatoms. The Bertz CT molecular complexity index is 692. The summed E-state index contributed by atoms with van der Waals surface area (Å²) in [7, 11) is 0. The van der Waals surface area contributed by atoms with E-state index in [9.17, 15) is 0 Å². The number of allylic oxidation sites excluding steroid dienone is 2. The van der Waals surface area contributed by atoms with Crippen molar-refractivity contribution in [2.45, 2.75) is 26.7 Å². The molecule has 2 aromatic rings. The zero-order valence-corrected chi connectivity index (χ0v) is 16.7. The van der Waals surface area contributed by atoms with Crippen molar-refractivity contribution in [2.75, 3.05) is 26.2 Å². The first kappa shape index (κ1) is 19.6. The minimum Gasteiger partial charge on any atom is -0.316 e. The maximum absolute atomic E-state index is 3.58. The van der Waals surface area contributed by atoms with Gasteiger partial charge in [0.1, 0.15) is 0 Å². The fraction of sp³-hybridized carbons (Fsp3) is 0.360. The van der Waals surface area contributed by atoms with Gasteiger partial charge in [-0.15, -0.1) is 0 Å². The second kappa shape index (κ2) is 9.68. The van der Waals surface area contributed by atoms with Crippen LogP contribution in [0.3, 0.4) is 0 Å². The molecule has 0 bridgehead atoms. The van der Waals surface area contributed by atoms with E-state index >= 15 is 0 Å². The van der Waals surface area contributed by atoms with Crippen molar-refractivity contribution in [2.24, 2.45) is 5.41 Å². The van der Waals surface area contributed by atoms with E-state index < -0.39 is 0 Å². The first-order chi connectivity index (χ1) is 13.2. The normalized spacial score (nSPS) is 15.5. The lowest BCUT2D eigenvalue weighted by Crippen LogP contribution is -2.39. The molecule has 2 nitrogen and oxygen atoms in total. The fourth-order valence-corrected chi connectivity index (χ4v) is 3.86. The second-order valence-corrected chi connectivity index (χ2v) is 7.46. The summed E-state index contributed by atoms with van der Waals surface area (Å²) in [5, 5.41) is 7.16. The van der Waals surface area contributed by atoms with Gasteiger partial charge in [-0.1, -0.05) is 86.7 Å². The lowest BCUT2D eigenvalue weighted by molar-refractivity contribution is 0.424. The van der Waals surface area contributed by atoms with Gasteiger partial charge in [-0.3, -0.25) is 0 Å². The average Bonchev–Trinajstić information content (AvgIpc) is 3.04. The maximum atomic E-state index is 3.58. The molecule has 0 atom stereocenters. The smallest absolute Gasteiger partial charge is 0.0323 e. The minimum absolute atomic E-state index is 0.0558. The van der Waals surface area contributed by atoms with Crippen molar-refractivity contribution in [3.8, 4) is 0 Å². The SMILES string of the molecule is CCNCC1(CNCC)C=C(Cc2ccccc2)C(Cc2ccccc2)=C1. The standard InChI is InChI=1S/C25H32N2/c1-3-26-19-25(20-27-4-2)17-23(15-21-11-7-5-8-12-21)24(18-25)16-22-13-9-6-10-14-22/h5-14,17-18,26-27H,3-4,15-16,19-20H2,1-2H3. The van der Waals surface area contributed by atoms with Crippen molar-refractivity contribution in [3.63, 3.8) is 0 Å². The summed E-state index contributed by atoms with van der Waals surface area (Å²) >= 11 is 0. The molecular formula is C25H32N2. The van der Waals surface area contributed by atoms with Gasteiger partial charge < -0.3 is 10.6 Å². The number of nitrogens with one attached hydrogen (secondary N) is 2. The highest BCUT2D eigenvalue weighted by atomic mass is 14.9. The zero-order chi connectivity index (χ0) is 19.0. The van der Waals surface area contributed by atoms with E-state index in [2.05, 4.69) is 97.3 Å². The Balaban J connectivity index is 1.90. The first-order valence-electron chi connectivity index (χ1n) is 10.2. The molecule has 0 saturated carbocycles. The second-order valence-electron chi connectivity index (χ2n) is 7.46. The van der Waals surface area contributed by atoms with Crippen LogP contribution in [0.5, 0.6) is 0 Å². The first-order valence-corrected chi connectivity index (χ1v) is 10.2. The molecule has 0 spiro atoms. The van der Waals surface area contributed by atoms with E-state index in [1.54, 1.807) is 0 Å². The van der Waals surface area contributed by atoms with Crippen LogP contribution in [0, 0.1) is 5.41 Å². The van der Waals surface area contributed by atoms with Crippen molar-refractivity contribution in [1.82, 2.24) is 10.6 Å². The summed E-state index contributed by atoms with van der Waals surface area (Å²) in [6, 6.07) is 21.6. The van der Waals surface area contributed by atoms with Crippen LogP contribution in [0.4, 0.5) is 0 Å². The lowest BCUT2D eigenvalue weighted by Gasteiger charge is -2.26. The Morgan fingerprint density at radius 1 is 0.630 bits per heavy atom. The van der Waals surface area contributed by atoms with Crippen LogP contribution in [0.1, 0.15) is 25.0 Å². The van der Waals surface area contributed by atoms with Crippen LogP contribution < -0.4 is 10.6 Å². The molecule has 3 rings (SSSR count). The minimum atomic E-state index is 0.0558. The van der Waals surface area contributed by atoms with Crippen LogP contribution in [-0.4, -0.2) is 26.2 Å². The number of hydrogen-bond donors (Lipinski definition) is 2. The molecule has 2 N–H and O–H groups in total. The van der Waals surface area contributed by atoms with Crippen molar-refractivity contribution < 1.29 is 0 Å². The van der Waals surface area contributed by atoms with Crippen molar-refractivity contribution >= 4 is 0 Å². The van der Waals surface area contributed by atoms with Crippen LogP contribution in [0.15, 0.2) is 84.0 Å². The Kier molecular flexibility index (Phi) is 7.03. The van der Waals surface area contributed by atoms with Gasteiger partial charge in [0, 0.05) is 18.5 Å². The van der Waals surface area contributed by atoms with Crippen molar-refractivity contribution in [1.29, 1.82) is 0 Å². The number of rotatable bonds is 10. The van der Waals surface area contributed by atoms with Gasteiger partial charge in [0.15, 0.2) is 0 Å².